The van der Waals surface area contributed by atoms with Crippen molar-refractivity contribution in [2.45, 2.75) is 58.7 Å². The lowest BCUT2D eigenvalue weighted by molar-refractivity contribution is -0.141. The number of carbonyl (C=O) groups excluding carboxylic acids is 2. The van der Waals surface area contributed by atoms with Gasteiger partial charge < -0.3 is 10.2 Å². The molecule has 0 bridgehead atoms. The minimum Gasteiger partial charge on any atom is -0.350 e. The van der Waals surface area contributed by atoms with Crippen LogP contribution in [0.15, 0.2) is 53.0 Å². The fourth-order valence-electron chi connectivity index (χ4n) is 3.52. The highest BCUT2D eigenvalue weighted by Crippen LogP contribution is 2.23. The number of hydrogen-bond donors (Lipinski definition) is 1. The smallest absolute Gasteiger partial charge is 0.242 e. The van der Waals surface area contributed by atoms with Crippen molar-refractivity contribution < 1.29 is 18.0 Å². The van der Waals surface area contributed by atoms with E-state index in [1.165, 1.54) is 9.21 Å². The fourth-order valence-corrected chi connectivity index (χ4v) is 5.11. The number of rotatable bonds is 10. The van der Waals surface area contributed by atoms with E-state index in [4.69, 9.17) is 11.6 Å². The van der Waals surface area contributed by atoms with Crippen molar-refractivity contribution in [1.82, 2.24) is 10.2 Å². The van der Waals surface area contributed by atoms with Crippen molar-refractivity contribution in [3.05, 3.63) is 63.6 Å². The predicted octanol–water partition coefficient (Wildman–Crippen LogP) is 4.98. The highest BCUT2D eigenvalue weighted by Gasteiger charge is 2.28. The molecule has 0 saturated carbocycles. The van der Waals surface area contributed by atoms with Crippen LogP contribution >= 0.6 is 27.5 Å². The molecule has 2 amide bonds. The standard InChI is InChI=1S/C25H33BrClN3O4S/c1-18(24(32)28-25(2,3)4)29(17-19-9-6-10-20(26)15-19)23(31)13-8-14-30(35(5,33)34)22-12-7-11-21(27)16-22/h6-7,9-12,15-16,18H,8,13-14,17H2,1-5H3,(H,28,32). The van der Waals surface area contributed by atoms with Crippen LogP contribution in [0.2, 0.25) is 5.02 Å². The van der Waals surface area contributed by atoms with Gasteiger partial charge in [0.1, 0.15) is 6.04 Å². The van der Waals surface area contributed by atoms with E-state index < -0.39 is 21.6 Å². The third kappa shape index (κ3) is 9.46. The molecular weight excluding hydrogens is 554 g/mol. The van der Waals surface area contributed by atoms with Crippen molar-refractivity contribution in [2.75, 3.05) is 17.1 Å². The number of carbonyl (C=O) groups is 2. The van der Waals surface area contributed by atoms with Gasteiger partial charge in [-0.15, -0.1) is 0 Å². The van der Waals surface area contributed by atoms with Crippen molar-refractivity contribution >= 4 is 55.1 Å². The molecule has 0 aliphatic carbocycles. The Balaban J connectivity index is 2.19. The Morgan fingerprint density at radius 1 is 1.11 bits per heavy atom. The van der Waals surface area contributed by atoms with Crippen LogP contribution in [-0.4, -0.2) is 49.5 Å². The number of anilines is 1. The Morgan fingerprint density at radius 2 is 1.77 bits per heavy atom. The fraction of sp³-hybridized carbons (Fsp3) is 0.440. The Morgan fingerprint density at radius 3 is 2.34 bits per heavy atom. The number of halogens is 2. The van der Waals surface area contributed by atoms with Crippen LogP contribution in [0.4, 0.5) is 5.69 Å². The van der Waals surface area contributed by atoms with E-state index in [1.807, 2.05) is 45.0 Å². The zero-order chi connectivity index (χ0) is 26.4. The van der Waals surface area contributed by atoms with Gasteiger partial charge in [0.2, 0.25) is 21.8 Å². The molecule has 1 N–H and O–H groups in total. The second-order valence-corrected chi connectivity index (χ2v) is 12.7. The molecule has 0 aromatic heterocycles. The van der Waals surface area contributed by atoms with Gasteiger partial charge in [0, 0.05) is 34.5 Å². The molecule has 0 spiro atoms. The Bertz CT molecular complexity index is 1150. The van der Waals surface area contributed by atoms with Gasteiger partial charge in [0.05, 0.1) is 11.9 Å². The molecule has 2 aromatic carbocycles. The molecule has 35 heavy (non-hydrogen) atoms. The summed E-state index contributed by atoms with van der Waals surface area (Å²) in [5.41, 5.74) is 0.874. The number of benzene rings is 2. The average molecular weight is 587 g/mol. The molecular formula is C25H33BrClN3O4S. The maximum absolute atomic E-state index is 13.3. The summed E-state index contributed by atoms with van der Waals surface area (Å²) in [7, 11) is -3.58. The molecule has 0 aliphatic rings. The van der Waals surface area contributed by atoms with Crippen LogP contribution in [0.25, 0.3) is 0 Å². The molecule has 0 fully saturated rings. The van der Waals surface area contributed by atoms with Gasteiger partial charge in [-0.3, -0.25) is 13.9 Å². The lowest BCUT2D eigenvalue weighted by Gasteiger charge is -2.32. The maximum atomic E-state index is 13.3. The quantitative estimate of drug-likeness (QED) is 0.425. The van der Waals surface area contributed by atoms with Gasteiger partial charge in [-0.2, -0.15) is 0 Å². The lowest BCUT2D eigenvalue weighted by atomic mass is 10.1. The molecule has 1 atom stereocenters. The average Bonchev–Trinajstić information content (AvgIpc) is 2.72. The number of nitrogens with zero attached hydrogens (tertiary/aromatic N) is 2. The van der Waals surface area contributed by atoms with E-state index in [1.54, 1.807) is 31.2 Å². The largest absolute Gasteiger partial charge is 0.350 e. The highest BCUT2D eigenvalue weighted by molar-refractivity contribution is 9.10. The van der Waals surface area contributed by atoms with Crippen LogP contribution in [0, 0.1) is 0 Å². The van der Waals surface area contributed by atoms with Crippen molar-refractivity contribution in [2.24, 2.45) is 0 Å². The molecule has 2 aromatic rings. The first-order valence-corrected chi connectivity index (χ1v) is 14.3. The third-order valence-corrected chi connectivity index (χ3v) is 7.08. The number of hydrogen-bond acceptors (Lipinski definition) is 4. The summed E-state index contributed by atoms with van der Waals surface area (Å²) in [4.78, 5) is 27.7. The van der Waals surface area contributed by atoms with Crippen LogP contribution < -0.4 is 9.62 Å². The summed E-state index contributed by atoms with van der Waals surface area (Å²) in [6.45, 7) is 7.71. The van der Waals surface area contributed by atoms with Crippen molar-refractivity contribution in [3.8, 4) is 0 Å². The number of sulfonamides is 1. The van der Waals surface area contributed by atoms with Crippen LogP contribution in [0.1, 0.15) is 46.1 Å². The summed E-state index contributed by atoms with van der Waals surface area (Å²) < 4.78 is 26.9. The van der Waals surface area contributed by atoms with Gasteiger partial charge in [-0.25, -0.2) is 8.42 Å². The van der Waals surface area contributed by atoms with E-state index in [0.717, 1.165) is 16.3 Å². The van der Waals surface area contributed by atoms with E-state index >= 15 is 0 Å². The summed E-state index contributed by atoms with van der Waals surface area (Å²) in [6, 6.07) is 13.4. The number of amides is 2. The zero-order valence-corrected chi connectivity index (χ0v) is 23.9. The molecule has 1 unspecified atom stereocenters. The second kappa shape index (κ2) is 12.2. The minimum atomic E-state index is -3.58. The first kappa shape index (κ1) is 29.1. The van der Waals surface area contributed by atoms with Crippen LogP contribution in [0.5, 0.6) is 0 Å². The van der Waals surface area contributed by atoms with Crippen molar-refractivity contribution in [1.29, 1.82) is 0 Å². The summed E-state index contributed by atoms with van der Waals surface area (Å²) >= 11 is 9.48. The summed E-state index contributed by atoms with van der Waals surface area (Å²) in [6.07, 6.45) is 1.48. The highest BCUT2D eigenvalue weighted by atomic mass is 79.9. The van der Waals surface area contributed by atoms with E-state index in [-0.39, 0.29) is 37.7 Å². The number of nitrogens with one attached hydrogen (secondary N) is 1. The van der Waals surface area contributed by atoms with Crippen LogP contribution in [-0.2, 0) is 26.2 Å². The Kier molecular flexibility index (Phi) is 10.2. The monoisotopic (exact) mass is 585 g/mol. The molecule has 0 saturated heterocycles. The van der Waals surface area contributed by atoms with Gasteiger partial charge in [0.25, 0.3) is 0 Å². The SMILES string of the molecule is CC(C(=O)NC(C)(C)C)N(Cc1cccc(Br)c1)C(=O)CCCN(c1cccc(Cl)c1)S(C)(=O)=O. The maximum Gasteiger partial charge on any atom is 0.242 e. The zero-order valence-electron chi connectivity index (χ0n) is 20.7. The van der Waals surface area contributed by atoms with E-state index in [2.05, 4.69) is 21.2 Å². The summed E-state index contributed by atoms with van der Waals surface area (Å²) in [5.74, 6) is -0.487. The topological polar surface area (TPSA) is 86.8 Å². The predicted molar refractivity (Wildman–Crippen MR) is 145 cm³/mol. The lowest BCUT2D eigenvalue weighted by Crippen LogP contribution is -2.52. The molecule has 192 valence electrons. The molecule has 2 rings (SSSR count). The second-order valence-electron chi connectivity index (χ2n) is 9.49. The van der Waals surface area contributed by atoms with Gasteiger partial charge in [0.15, 0.2) is 0 Å². The first-order valence-electron chi connectivity index (χ1n) is 11.3. The Labute approximate surface area is 222 Å². The van der Waals surface area contributed by atoms with E-state index in [9.17, 15) is 18.0 Å². The molecule has 10 heteroatoms. The van der Waals surface area contributed by atoms with Crippen molar-refractivity contribution in [3.63, 3.8) is 0 Å². The first-order chi connectivity index (χ1) is 16.2. The molecule has 0 radical (unpaired) electrons. The molecule has 0 aliphatic heterocycles. The molecule has 0 heterocycles. The minimum absolute atomic E-state index is 0.0771. The van der Waals surface area contributed by atoms with E-state index in [0.29, 0.717) is 10.7 Å². The van der Waals surface area contributed by atoms with Gasteiger partial charge >= 0.3 is 0 Å². The van der Waals surface area contributed by atoms with Crippen LogP contribution in [0.3, 0.4) is 0 Å². The molecule has 7 nitrogen and oxygen atoms in total. The third-order valence-electron chi connectivity index (χ3n) is 5.16. The van der Waals surface area contributed by atoms with Gasteiger partial charge in [-0.05, 0) is 70.0 Å². The summed E-state index contributed by atoms with van der Waals surface area (Å²) in [5, 5.41) is 3.35. The van der Waals surface area contributed by atoms with Gasteiger partial charge in [-0.1, -0.05) is 45.7 Å². The Hall–Kier alpha value is -2.10. The normalized spacial score (nSPS) is 12.7.